The molecule has 0 fully saturated rings. The molecule has 0 aliphatic heterocycles. The van der Waals surface area contributed by atoms with Gasteiger partial charge in [0.25, 0.3) is 0 Å². The highest BCUT2D eigenvalue weighted by atomic mass is 16.5. The van der Waals surface area contributed by atoms with Gasteiger partial charge in [0, 0.05) is 25.5 Å². The lowest BCUT2D eigenvalue weighted by molar-refractivity contribution is 0.247. The lowest BCUT2D eigenvalue weighted by Gasteiger charge is -2.14. The van der Waals surface area contributed by atoms with Crippen molar-refractivity contribution in [3.05, 3.63) is 53.6 Å². The highest BCUT2D eigenvalue weighted by Gasteiger charge is 2.04. The fourth-order valence-corrected chi connectivity index (χ4v) is 2.22. The third-order valence-electron chi connectivity index (χ3n) is 3.84. The second-order valence-corrected chi connectivity index (χ2v) is 5.87. The number of urea groups is 1. The summed E-state index contributed by atoms with van der Waals surface area (Å²) in [6.45, 7) is 4.95. The van der Waals surface area contributed by atoms with E-state index in [1.807, 2.05) is 62.3 Å². The van der Waals surface area contributed by atoms with Gasteiger partial charge in [0.15, 0.2) is 0 Å². The maximum absolute atomic E-state index is 11.9. The third-order valence-corrected chi connectivity index (χ3v) is 3.84. The maximum atomic E-state index is 11.9. The summed E-state index contributed by atoms with van der Waals surface area (Å²) in [7, 11) is 3.95. The molecule has 2 amide bonds. The van der Waals surface area contributed by atoms with Gasteiger partial charge in [-0.1, -0.05) is 12.1 Å². The Hall–Kier alpha value is -2.69. The van der Waals surface area contributed by atoms with Crippen molar-refractivity contribution in [2.75, 3.05) is 37.5 Å². The number of benzene rings is 2. The number of rotatable bonds is 6. The standard InChI is InChI=1S/C19H25N3O2/c1-14-6-5-7-18(15(14)2)24-13-12-20-19(23)21-16-8-10-17(11-9-16)22(3)4/h5-11H,12-13H2,1-4H3,(H2,20,21,23). The summed E-state index contributed by atoms with van der Waals surface area (Å²) in [5.74, 6) is 0.858. The maximum Gasteiger partial charge on any atom is 0.319 e. The van der Waals surface area contributed by atoms with Gasteiger partial charge in [0.05, 0.1) is 6.54 Å². The first-order valence-electron chi connectivity index (χ1n) is 7.98. The van der Waals surface area contributed by atoms with Crippen LogP contribution in [-0.2, 0) is 0 Å². The van der Waals surface area contributed by atoms with Crippen LogP contribution < -0.4 is 20.3 Å². The van der Waals surface area contributed by atoms with E-state index in [-0.39, 0.29) is 6.03 Å². The molecule has 0 atom stereocenters. The Kier molecular flexibility index (Phi) is 6.07. The Balaban J connectivity index is 1.74. The lowest BCUT2D eigenvalue weighted by Crippen LogP contribution is -2.32. The van der Waals surface area contributed by atoms with Gasteiger partial charge in [-0.15, -0.1) is 0 Å². The molecule has 24 heavy (non-hydrogen) atoms. The van der Waals surface area contributed by atoms with Gasteiger partial charge in [-0.05, 0) is 55.3 Å². The van der Waals surface area contributed by atoms with Crippen molar-refractivity contribution >= 4 is 17.4 Å². The van der Waals surface area contributed by atoms with Crippen LogP contribution in [0.15, 0.2) is 42.5 Å². The van der Waals surface area contributed by atoms with Crippen molar-refractivity contribution in [1.82, 2.24) is 5.32 Å². The minimum atomic E-state index is -0.239. The van der Waals surface area contributed by atoms with Crippen LogP contribution in [0.4, 0.5) is 16.2 Å². The first kappa shape index (κ1) is 17.7. The van der Waals surface area contributed by atoms with E-state index in [0.717, 1.165) is 22.7 Å². The molecule has 0 aromatic heterocycles. The number of anilines is 2. The largest absolute Gasteiger partial charge is 0.491 e. The molecule has 2 aromatic rings. The second-order valence-electron chi connectivity index (χ2n) is 5.87. The predicted molar refractivity (Wildman–Crippen MR) is 99.2 cm³/mol. The molecule has 2 aromatic carbocycles. The summed E-state index contributed by atoms with van der Waals surface area (Å²) in [6.07, 6.45) is 0. The highest BCUT2D eigenvalue weighted by molar-refractivity contribution is 5.89. The van der Waals surface area contributed by atoms with Crippen molar-refractivity contribution in [3.8, 4) is 5.75 Å². The SMILES string of the molecule is Cc1cccc(OCCNC(=O)Nc2ccc(N(C)C)cc2)c1C. The molecule has 0 aliphatic rings. The average molecular weight is 327 g/mol. The molecule has 0 unspecified atom stereocenters. The van der Waals surface area contributed by atoms with E-state index in [1.54, 1.807) is 0 Å². The molecule has 0 bridgehead atoms. The number of carbonyl (C=O) groups is 1. The first-order valence-corrected chi connectivity index (χ1v) is 7.98. The molecule has 0 radical (unpaired) electrons. The Labute approximate surface area is 143 Å². The Bertz CT molecular complexity index is 682. The van der Waals surface area contributed by atoms with Crippen LogP contribution in [0.2, 0.25) is 0 Å². The van der Waals surface area contributed by atoms with Gasteiger partial charge < -0.3 is 20.3 Å². The summed E-state index contributed by atoms with van der Waals surface area (Å²) in [5.41, 5.74) is 4.17. The van der Waals surface area contributed by atoms with Crippen LogP contribution >= 0.6 is 0 Å². The third kappa shape index (κ3) is 4.91. The molecule has 128 valence electrons. The molecule has 0 saturated carbocycles. The first-order chi connectivity index (χ1) is 11.5. The van der Waals surface area contributed by atoms with Crippen LogP contribution in [0.25, 0.3) is 0 Å². The number of hydrogen-bond acceptors (Lipinski definition) is 3. The zero-order chi connectivity index (χ0) is 17.5. The molecular formula is C19H25N3O2. The number of ether oxygens (including phenoxy) is 1. The van der Waals surface area contributed by atoms with E-state index in [4.69, 9.17) is 4.74 Å². The number of hydrogen-bond donors (Lipinski definition) is 2. The van der Waals surface area contributed by atoms with Crippen LogP contribution in [0.1, 0.15) is 11.1 Å². The molecule has 0 saturated heterocycles. The van der Waals surface area contributed by atoms with Crippen LogP contribution in [-0.4, -0.2) is 33.3 Å². The van der Waals surface area contributed by atoms with Gasteiger partial charge in [-0.3, -0.25) is 0 Å². The van der Waals surface area contributed by atoms with Gasteiger partial charge in [0.1, 0.15) is 12.4 Å². The summed E-state index contributed by atoms with van der Waals surface area (Å²) >= 11 is 0. The van der Waals surface area contributed by atoms with Crippen molar-refractivity contribution in [1.29, 1.82) is 0 Å². The summed E-state index contributed by atoms with van der Waals surface area (Å²) in [5, 5.41) is 5.59. The fraction of sp³-hybridized carbons (Fsp3) is 0.316. The zero-order valence-electron chi connectivity index (χ0n) is 14.7. The minimum Gasteiger partial charge on any atom is -0.491 e. The lowest BCUT2D eigenvalue weighted by atomic mass is 10.1. The Morgan fingerprint density at radius 2 is 1.79 bits per heavy atom. The molecular weight excluding hydrogens is 302 g/mol. The summed E-state index contributed by atoms with van der Waals surface area (Å²) < 4.78 is 5.71. The minimum absolute atomic E-state index is 0.239. The molecule has 0 aliphatic carbocycles. The summed E-state index contributed by atoms with van der Waals surface area (Å²) in [4.78, 5) is 13.9. The van der Waals surface area contributed by atoms with E-state index in [2.05, 4.69) is 23.6 Å². The van der Waals surface area contributed by atoms with E-state index in [9.17, 15) is 4.79 Å². The van der Waals surface area contributed by atoms with E-state index >= 15 is 0 Å². The average Bonchev–Trinajstić information content (AvgIpc) is 2.55. The quantitative estimate of drug-likeness (QED) is 0.798. The molecule has 5 heteroatoms. The van der Waals surface area contributed by atoms with Crippen LogP contribution in [0.5, 0.6) is 5.75 Å². The smallest absolute Gasteiger partial charge is 0.319 e. The van der Waals surface area contributed by atoms with E-state index < -0.39 is 0 Å². The van der Waals surface area contributed by atoms with Gasteiger partial charge in [0.2, 0.25) is 0 Å². The Morgan fingerprint density at radius 3 is 2.46 bits per heavy atom. The summed E-state index contributed by atoms with van der Waals surface area (Å²) in [6, 6.07) is 13.4. The van der Waals surface area contributed by atoms with Crippen LogP contribution in [0.3, 0.4) is 0 Å². The van der Waals surface area contributed by atoms with Crippen molar-refractivity contribution in [3.63, 3.8) is 0 Å². The molecule has 0 heterocycles. The number of nitrogens with one attached hydrogen (secondary N) is 2. The zero-order valence-corrected chi connectivity index (χ0v) is 14.7. The molecule has 2 rings (SSSR count). The topological polar surface area (TPSA) is 53.6 Å². The number of amides is 2. The van der Waals surface area contributed by atoms with Crippen molar-refractivity contribution in [2.45, 2.75) is 13.8 Å². The molecule has 2 N–H and O–H groups in total. The van der Waals surface area contributed by atoms with Crippen LogP contribution in [0, 0.1) is 13.8 Å². The fourth-order valence-electron chi connectivity index (χ4n) is 2.22. The van der Waals surface area contributed by atoms with Gasteiger partial charge in [-0.25, -0.2) is 4.79 Å². The monoisotopic (exact) mass is 327 g/mol. The molecule has 0 spiro atoms. The van der Waals surface area contributed by atoms with Gasteiger partial charge >= 0.3 is 6.03 Å². The predicted octanol–water partition coefficient (Wildman–Crippen LogP) is 3.57. The second kappa shape index (κ2) is 8.24. The highest BCUT2D eigenvalue weighted by Crippen LogP contribution is 2.20. The number of nitrogens with zero attached hydrogens (tertiary/aromatic N) is 1. The Morgan fingerprint density at radius 1 is 1.08 bits per heavy atom. The van der Waals surface area contributed by atoms with Crippen molar-refractivity contribution < 1.29 is 9.53 Å². The number of carbonyl (C=O) groups excluding carboxylic acids is 1. The van der Waals surface area contributed by atoms with Gasteiger partial charge in [-0.2, -0.15) is 0 Å². The normalized spacial score (nSPS) is 10.2. The van der Waals surface area contributed by atoms with Crippen molar-refractivity contribution in [2.24, 2.45) is 0 Å². The van der Waals surface area contributed by atoms with E-state index in [1.165, 1.54) is 5.56 Å². The molecule has 5 nitrogen and oxygen atoms in total. The number of aryl methyl sites for hydroxylation is 1. The van der Waals surface area contributed by atoms with E-state index in [0.29, 0.717) is 13.2 Å².